The summed E-state index contributed by atoms with van der Waals surface area (Å²) in [4.78, 5) is 4.49. The normalized spacial score (nSPS) is 11.8. The maximum absolute atomic E-state index is 6.19. The highest BCUT2D eigenvalue weighted by Gasteiger charge is 2.05. The topological polar surface area (TPSA) is 38.4 Å². The molecule has 3 aromatic carbocycles. The second-order valence-corrected chi connectivity index (χ2v) is 5.36. The molecule has 3 heteroatoms. The number of fused-ring (bicyclic) bond motifs is 1. The van der Waals surface area contributed by atoms with E-state index in [0.717, 1.165) is 27.6 Å². The summed E-state index contributed by atoms with van der Waals surface area (Å²) in [5.74, 6) is 0.492. The number of halogens is 1. The third-order valence-corrected chi connectivity index (χ3v) is 3.88. The summed E-state index contributed by atoms with van der Waals surface area (Å²) in [7, 11) is 0. The summed E-state index contributed by atoms with van der Waals surface area (Å²) in [6.07, 6.45) is 0. The second kappa shape index (κ2) is 5.58. The van der Waals surface area contributed by atoms with Crippen LogP contribution in [-0.2, 0) is 0 Å². The van der Waals surface area contributed by atoms with Crippen LogP contribution in [0.3, 0.4) is 0 Å². The molecular weight excluding hydrogens is 280 g/mol. The van der Waals surface area contributed by atoms with Crippen molar-refractivity contribution in [3.63, 3.8) is 0 Å². The highest BCUT2D eigenvalue weighted by Crippen LogP contribution is 2.24. The summed E-state index contributed by atoms with van der Waals surface area (Å²) in [5, 5.41) is 2.94. The van der Waals surface area contributed by atoms with Crippen molar-refractivity contribution in [2.75, 3.05) is 0 Å². The zero-order valence-corrected chi connectivity index (χ0v) is 12.4. The second-order valence-electron chi connectivity index (χ2n) is 4.96. The molecule has 0 atom stereocenters. The molecule has 3 rings (SSSR count). The van der Waals surface area contributed by atoms with E-state index in [1.807, 2.05) is 49.4 Å². The Labute approximate surface area is 128 Å². The molecule has 0 fully saturated rings. The fourth-order valence-electron chi connectivity index (χ4n) is 2.30. The van der Waals surface area contributed by atoms with E-state index < -0.39 is 0 Å². The fraction of sp³-hybridized carbons (Fsp3) is 0.0556. The number of rotatable bonds is 2. The lowest BCUT2D eigenvalue weighted by Gasteiger charge is -2.06. The molecule has 0 saturated carbocycles. The van der Waals surface area contributed by atoms with Gasteiger partial charge in [-0.05, 0) is 35.4 Å². The van der Waals surface area contributed by atoms with Gasteiger partial charge in [0.15, 0.2) is 0 Å². The molecular formula is C18H15ClN2. The molecule has 0 unspecified atom stereocenters. The van der Waals surface area contributed by atoms with Crippen molar-refractivity contribution in [1.29, 1.82) is 0 Å². The third-order valence-electron chi connectivity index (χ3n) is 3.47. The molecule has 2 nitrogen and oxygen atoms in total. The Hall–Kier alpha value is -2.32. The lowest BCUT2D eigenvalue weighted by Crippen LogP contribution is -2.13. The highest BCUT2D eigenvalue weighted by molar-refractivity contribution is 6.31. The van der Waals surface area contributed by atoms with Gasteiger partial charge in [-0.1, -0.05) is 60.1 Å². The maximum Gasteiger partial charge on any atom is 0.131 e. The van der Waals surface area contributed by atoms with Crippen LogP contribution in [0.5, 0.6) is 0 Å². The van der Waals surface area contributed by atoms with Crippen LogP contribution in [0.2, 0.25) is 5.02 Å². The van der Waals surface area contributed by atoms with Gasteiger partial charge in [0.25, 0.3) is 0 Å². The molecule has 104 valence electrons. The van der Waals surface area contributed by atoms with Crippen molar-refractivity contribution in [2.24, 2.45) is 10.7 Å². The van der Waals surface area contributed by atoms with E-state index >= 15 is 0 Å². The Morgan fingerprint density at radius 2 is 1.76 bits per heavy atom. The van der Waals surface area contributed by atoms with Crippen LogP contribution >= 0.6 is 11.6 Å². The lowest BCUT2D eigenvalue weighted by atomic mass is 10.0. The van der Waals surface area contributed by atoms with Gasteiger partial charge in [0, 0.05) is 10.6 Å². The molecule has 21 heavy (non-hydrogen) atoms. The average molecular weight is 295 g/mol. The minimum Gasteiger partial charge on any atom is -0.383 e. The number of amidine groups is 1. The van der Waals surface area contributed by atoms with E-state index in [2.05, 4.69) is 23.2 Å². The number of nitrogens with zero attached hydrogens (tertiary/aromatic N) is 1. The summed E-state index contributed by atoms with van der Waals surface area (Å²) < 4.78 is 0. The molecule has 2 N–H and O–H groups in total. The highest BCUT2D eigenvalue weighted by atomic mass is 35.5. The molecule has 0 amide bonds. The molecule has 0 saturated heterocycles. The number of benzene rings is 3. The first-order chi connectivity index (χ1) is 10.1. The van der Waals surface area contributed by atoms with Crippen molar-refractivity contribution in [3.8, 4) is 0 Å². The quantitative estimate of drug-likeness (QED) is 0.533. The minimum absolute atomic E-state index is 0.492. The van der Waals surface area contributed by atoms with Crippen LogP contribution < -0.4 is 5.73 Å². The van der Waals surface area contributed by atoms with Gasteiger partial charge in [-0.3, -0.25) is 0 Å². The van der Waals surface area contributed by atoms with E-state index in [-0.39, 0.29) is 0 Å². The van der Waals surface area contributed by atoms with Gasteiger partial charge >= 0.3 is 0 Å². The molecule has 0 aliphatic carbocycles. The molecule has 0 aromatic heterocycles. The van der Waals surface area contributed by atoms with Gasteiger partial charge in [-0.25, -0.2) is 4.99 Å². The smallest absolute Gasteiger partial charge is 0.131 e. The molecule has 3 aromatic rings. The van der Waals surface area contributed by atoms with Crippen molar-refractivity contribution in [3.05, 3.63) is 76.8 Å². The average Bonchev–Trinajstić information content (AvgIpc) is 2.50. The van der Waals surface area contributed by atoms with Crippen LogP contribution in [0, 0.1) is 6.92 Å². The SMILES string of the molecule is Cc1ccc(N=C(N)c2cccc3ccccc23)cc1Cl. The number of nitrogens with two attached hydrogens (primary N) is 1. The maximum atomic E-state index is 6.19. The Morgan fingerprint density at radius 3 is 2.57 bits per heavy atom. The van der Waals surface area contributed by atoms with E-state index in [4.69, 9.17) is 17.3 Å². The predicted molar refractivity (Wildman–Crippen MR) is 90.5 cm³/mol. The summed E-state index contributed by atoms with van der Waals surface area (Å²) >= 11 is 6.13. The van der Waals surface area contributed by atoms with Crippen LogP contribution in [0.15, 0.2) is 65.7 Å². The number of hydrogen-bond donors (Lipinski definition) is 1. The van der Waals surface area contributed by atoms with Crippen molar-refractivity contribution >= 4 is 33.9 Å². The van der Waals surface area contributed by atoms with Gasteiger partial charge in [-0.15, -0.1) is 0 Å². The van der Waals surface area contributed by atoms with E-state index in [1.54, 1.807) is 0 Å². The number of hydrogen-bond acceptors (Lipinski definition) is 1. The van der Waals surface area contributed by atoms with Gasteiger partial charge in [-0.2, -0.15) is 0 Å². The monoisotopic (exact) mass is 294 g/mol. The Bertz CT molecular complexity index is 832. The molecule has 0 bridgehead atoms. The van der Waals surface area contributed by atoms with Gasteiger partial charge in [0.2, 0.25) is 0 Å². The summed E-state index contributed by atoms with van der Waals surface area (Å²) in [6, 6.07) is 19.9. The fourth-order valence-corrected chi connectivity index (χ4v) is 2.47. The molecule has 0 heterocycles. The first kappa shape index (κ1) is 13.7. The van der Waals surface area contributed by atoms with Gasteiger partial charge < -0.3 is 5.73 Å². The zero-order valence-electron chi connectivity index (χ0n) is 11.7. The van der Waals surface area contributed by atoms with Crippen LogP contribution in [0.4, 0.5) is 5.69 Å². The first-order valence-electron chi connectivity index (χ1n) is 6.73. The molecule has 0 spiro atoms. The lowest BCUT2D eigenvalue weighted by molar-refractivity contribution is 1.41. The van der Waals surface area contributed by atoms with Gasteiger partial charge in [0.05, 0.1) is 5.69 Å². The summed E-state index contributed by atoms with van der Waals surface area (Å²) in [6.45, 7) is 1.96. The van der Waals surface area contributed by atoms with Crippen LogP contribution in [-0.4, -0.2) is 5.84 Å². The Morgan fingerprint density at radius 1 is 1.00 bits per heavy atom. The standard InChI is InChI=1S/C18H15ClN2/c1-12-9-10-14(11-17(12)19)21-18(20)16-8-4-6-13-5-2-3-7-15(13)16/h2-11H,1H3,(H2,20,21). The third kappa shape index (κ3) is 2.76. The van der Waals surface area contributed by atoms with Crippen molar-refractivity contribution < 1.29 is 0 Å². The van der Waals surface area contributed by atoms with E-state index in [9.17, 15) is 0 Å². The van der Waals surface area contributed by atoms with Crippen molar-refractivity contribution in [2.45, 2.75) is 6.92 Å². The molecule has 0 aliphatic heterocycles. The summed E-state index contributed by atoms with van der Waals surface area (Å²) in [5.41, 5.74) is 8.91. The van der Waals surface area contributed by atoms with E-state index in [0.29, 0.717) is 10.9 Å². The van der Waals surface area contributed by atoms with Crippen LogP contribution in [0.25, 0.3) is 10.8 Å². The zero-order chi connectivity index (χ0) is 14.8. The molecule has 0 radical (unpaired) electrons. The predicted octanol–water partition coefficient (Wildman–Crippen LogP) is 4.84. The Kier molecular flexibility index (Phi) is 3.63. The number of aliphatic imine (C=N–C) groups is 1. The minimum atomic E-state index is 0.492. The van der Waals surface area contributed by atoms with Gasteiger partial charge in [0.1, 0.15) is 5.84 Å². The number of aryl methyl sites for hydroxylation is 1. The van der Waals surface area contributed by atoms with E-state index in [1.165, 1.54) is 0 Å². The van der Waals surface area contributed by atoms with Crippen LogP contribution in [0.1, 0.15) is 11.1 Å². The largest absolute Gasteiger partial charge is 0.383 e. The Balaban J connectivity index is 2.09. The first-order valence-corrected chi connectivity index (χ1v) is 7.11. The molecule has 0 aliphatic rings. The van der Waals surface area contributed by atoms with Crippen molar-refractivity contribution in [1.82, 2.24) is 0 Å².